The number of alkyl carbamates (subject to hydrolysis) is 1. The van der Waals surface area contributed by atoms with E-state index in [1.165, 1.54) is 0 Å². The Bertz CT molecular complexity index is 354. The first-order chi connectivity index (χ1) is 9.67. The first kappa shape index (κ1) is 17.8. The van der Waals surface area contributed by atoms with E-state index in [1.807, 2.05) is 20.8 Å². The minimum atomic E-state index is -0.801. The van der Waals surface area contributed by atoms with Crippen molar-refractivity contribution in [3.63, 3.8) is 0 Å². The molecular weight excluding hydrogens is 270 g/mol. The van der Waals surface area contributed by atoms with E-state index in [0.717, 1.165) is 31.6 Å². The summed E-state index contributed by atoms with van der Waals surface area (Å²) >= 11 is 0. The van der Waals surface area contributed by atoms with Crippen LogP contribution in [0.1, 0.15) is 59.8 Å². The van der Waals surface area contributed by atoms with Crippen LogP contribution in [-0.4, -0.2) is 29.3 Å². The normalized spacial score (nSPS) is 24.2. The van der Waals surface area contributed by atoms with Crippen LogP contribution in [0, 0.1) is 17.8 Å². The first-order valence-electron chi connectivity index (χ1n) is 7.86. The summed E-state index contributed by atoms with van der Waals surface area (Å²) in [5, 5.41) is 11.8. The predicted molar refractivity (Wildman–Crippen MR) is 81.1 cm³/mol. The van der Waals surface area contributed by atoms with Crippen LogP contribution in [0.15, 0.2) is 0 Å². The van der Waals surface area contributed by atoms with Crippen LogP contribution in [0.4, 0.5) is 4.79 Å². The van der Waals surface area contributed by atoms with Crippen LogP contribution in [0.3, 0.4) is 0 Å². The van der Waals surface area contributed by atoms with Crippen LogP contribution in [-0.2, 0) is 9.53 Å². The molecule has 0 aromatic heterocycles. The molecule has 1 atom stereocenters. The van der Waals surface area contributed by atoms with E-state index >= 15 is 0 Å². The Hall–Kier alpha value is -1.26. The maximum atomic E-state index is 11.7. The molecule has 0 bridgehead atoms. The van der Waals surface area contributed by atoms with Crippen molar-refractivity contribution in [3.05, 3.63) is 0 Å². The molecule has 1 amide bonds. The smallest absolute Gasteiger partial charge is 0.407 e. The lowest BCUT2D eigenvalue weighted by molar-refractivity contribution is -0.138. The number of hydrogen-bond acceptors (Lipinski definition) is 3. The largest absolute Gasteiger partial charge is 0.481 e. The van der Waals surface area contributed by atoms with Gasteiger partial charge in [0.15, 0.2) is 0 Å². The van der Waals surface area contributed by atoms with Gasteiger partial charge in [0.2, 0.25) is 0 Å². The number of nitrogens with one attached hydrogen (secondary N) is 1. The number of carboxylic acid groups (broad SMARTS) is 1. The lowest BCUT2D eigenvalue weighted by atomic mass is 9.75. The average molecular weight is 299 g/mol. The van der Waals surface area contributed by atoms with Crippen molar-refractivity contribution in [2.24, 2.45) is 17.8 Å². The van der Waals surface area contributed by atoms with Crippen molar-refractivity contribution >= 4 is 12.1 Å². The molecule has 0 saturated heterocycles. The van der Waals surface area contributed by atoms with Crippen LogP contribution < -0.4 is 5.32 Å². The molecular formula is C16H29NO4. The average Bonchev–Trinajstić information content (AvgIpc) is 2.33. The van der Waals surface area contributed by atoms with Gasteiger partial charge in [-0.2, -0.15) is 0 Å². The Morgan fingerprint density at radius 3 is 2.29 bits per heavy atom. The standard InChI is InChI=1S/C16H29NO4/c1-11-5-7-12(8-6-11)13(9-14(18)19)10-17-15(20)21-16(2,3)4/h11-13H,5-10H2,1-4H3,(H,17,20)(H,18,19). The second kappa shape index (κ2) is 7.66. The molecule has 1 saturated carbocycles. The van der Waals surface area contributed by atoms with Crippen LogP contribution in [0.5, 0.6) is 0 Å². The van der Waals surface area contributed by atoms with Crippen LogP contribution in [0.25, 0.3) is 0 Å². The maximum Gasteiger partial charge on any atom is 0.407 e. The molecule has 2 N–H and O–H groups in total. The summed E-state index contributed by atoms with van der Waals surface area (Å²) in [6.07, 6.45) is 4.03. The Kier molecular flexibility index (Phi) is 6.49. The molecule has 1 fully saturated rings. The van der Waals surface area contributed by atoms with E-state index in [-0.39, 0.29) is 12.3 Å². The monoisotopic (exact) mass is 299 g/mol. The molecule has 1 rings (SSSR count). The second-order valence-corrected chi connectivity index (χ2v) is 7.26. The molecule has 122 valence electrons. The quantitative estimate of drug-likeness (QED) is 0.815. The number of carboxylic acids is 1. The molecule has 5 heteroatoms. The van der Waals surface area contributed by atoms with E-state index in [2.05, 4.69) is 12.2 Å². The Morgan fingerprint density at radius 2 is 1.81 bits per heavy atom. The summed E-state index contributed by atoms with van der Waals surface area (Å²) in [6, 6.07) is 0. The van der Waals surface area contributed by atoms with Crippen molar-refractivity contribution in [2.75, 3.05) is 6.54 Å². The zero-order valence-electron chi connectivity index (χ0n) is 13.6. The van der Waals surface area contributed by atoms with Crippen LogP contribution >= 0.6 is 0 Å². The third-order valence-corrected chi connectivity index (χ3v) is 4.07. The number of carbonyl (C=O) groups is 2. The number of amides is 1. The molecule has 0 spiro atoms. The molecule has 21 heavy (non-hydrogen) atoms. The lowest BCUT2D eigenvalue weighted by Crippen LogP contribution is -2.38. The SMILES string of the molecule is CC1CCC(C(CNC(=O)OC(C)(C)C)CC(=O)O)CC1. The number of ether oxygens (including phenoxy) is 1. The van der Waals surface area contributed by atoms with Crippen molar-refractivity contribution in [1.82, 2.24) is 5.32 Å². The molecule has 0 radical (unpaired) electrons. The zero-order valence-corrected chi connectivity index (χ0v) is 13.6. The van der Waals surface area contributed by atoms with Crippen molar-refractivity contribution in [1.29, 1.82) is 0 Å². The Balaban J connectivity index is 2.50. The maximum absolute atomic E-state index is 11.7. The van der Waals surface area contributed by atoms with Crippen molar-refractivity contribution < 1.29 is 19.4 Å². The summed E-state index contributed by atoms with van der Waals surface area (Å²) in [4.78, 5) is 22.7. The van der Waals surface area contributed by atoms with Gasteiger partial charge in [-0.25, -0.2) is 4.79 Å². The fourth-order valence-electron chi connectivity index (χ4n) is 2.92. The molecule has 0 aromatic carbocycles. The third kappa shape index (κ3) is 7.34. The highest BCUT2D eigenvalue weighted by Gasteiger charge is 2.28. The number of hydrogen-bond donors (Lipinski definition) is 2. The third-order valence-electron chi connectivity index (χ3n) is 4.07. The molecule has 1 aliphatic carbocycles. The summed E-state index contributed by atoms with van der Waals surface area (Å²) in [6.45, 7) is 8.04. The molecule has 5 nitrogen and oxygen atoms in total. The van der Waals surface area contributed by atoms with Gasteiger partial charge >= 0.3 is 12.1 Å². The van der Waals surface area contributed by atoms with E-state index < -0.39 is 17.7 Å². The summed E-state index contributed by atoms with van der Waals surface area (Å²) < 4.78 is 5.20. The summed E-state index contributed by atoms with van der Waals surface area (Å²) in [7, 11) is 0. The van der Waals surface area contributed by atoms with Gasteiger partial charge in [-0.3, -0.25) is 4.79 Å². The van der Waals surface area contributed by atoms with Gasteiger partial charge in [0.1, 0.15) is 5.60 Å². The highest BCUT2D eigenvalue weighted by Crippen LogP contribution is 2.34. The minimum absolute atomic E-state index is 0.0116. The number of aliphatic carboxylic acids is 1. The molecule has 0 aliphatic heterocycles. The molecule has 0 heterocycles. The van der Waals surface area contributed by atoms with Gasteiger partial charge in [0.25, 0.3) is 0 Å². The van der Waals surface area contributed by atoms with Gasteiger partial charge in [0, 0.05) is 6.54 Å². The topological polar surface area (TPSA) is 75.6 Å². The van der Waals surface area contributed by atoms with E-state index in [1.54, 1.807) is 0 Å². The fourth-order valence-corrected chi connectivity index (χ4v) is 2.92. The van der Waals surface area contributed by atoms with Gasteiger partial charge < -0.3 is 15.2 Å². The Morgan fingerprint density at radius 1 is 1.24 bits per heavy atom. The van der Waals surface area contributed by atoms with Crippen molar-refractivity contribution in [2.45, 2.75) is 65.4 Å². The first-order valence-corrected chi connectivity index (χ1v) is 7.86. The van der Waals surface area contributed by atoms with Gasteiger partial charge in [0.05, 0.1) is 6.42 Å². The summed E-state index contributed by atoms with van der Waals surface area (Å²) in [5.41, 5.74) is -0.535. The van der Waals surface area contributed by atoms with Gasteiger partial charge in [-0.1, -0.05) is 19.8 Å². The number of carbonyl (C=O) groups excluding carboxylic acids is 1. The molecule has 0 aromatic rings. The van der Waals surface area contributed by atoms with E-state index in [9.17, 15) is 9.59 Å². The van der Waals surface area contributed by atoms with Crippen molar-refractivity contribution in [3.8, 4) is 0 Å². The molecule has 1 unspecified atom stereocenters. The van der Waals surface area contributed by atoms with Crippen LogP contribution in [0.2, 0.25) is 0 Å². The highest BCUT2D eigenvalue weighted by molar-refractivity contribution is 5.69. The minimum Gasteiger partial charge on any atom is -0.481 e. The fraction of sp³-hybridized carbons (Fsp3) is 0.875. The van der Waals surface area contributed by atoms with Gasteiger partial charge in [-0.15, -0.1) is 0 Å². The predicted octanol–water partition coefficient (Wildman–Crippen LogP) is 3.43. The van der Waals surface area contributed by atoms with E-state index in [0.29, 0.717) is 12.5 Å². The second-order valence-electron chi connectivity index (χ2n) is 7.26. The Labute approximate surface area is 127 Å². The highest BCUT2D eigenvalue weighted by atomic mass is 16.6. The summed E-state index contributed by atoms with van der Waals surface area (Å²) in [5.74, 6) is 0.296. The van der Waals surface area contributed by atoms with Gasteiger partial charge in [-0.05, 0) is 51.4 Å². The molecule has 1 aliphatic rings. The zero-order chi connectivity index (χ0) is 16.0. The lowest BCUT2D eigenvalue weighted by Gasteiger charge is -2.32. The number of rotatable bonds is 5. The van der Waals surface area contributed by atoms with E-state index in [4.69, 9.17) is 9.84 Å².